The second-order valence-electron chi connectivity index (χ2n) is 4.48. The first-order valence-electron chi connectivity index (χ1n) is 4.76. The van der Waals surface area contributed by atoms with E-state index in [2.05, 4.69) is 11.9 Å². The minimum Gasteiger partial charge on any atom is -0.394 e. The van der Waals surface area contributed by atoms with Crippen LogP contribution >= 0.6 is 0 Å². The Morgan fingerprint density at radius 2 is 1.92 bits per heavy atom. The lowest BCUT2D eigenvalue weighted by Crippen LogP contribution is -2.56. The smallest absolute Gasteiger partial charge is 0.0612 e. The van der Waals surface area contributed by atoms with Crippen molar-refractivity contribution in [2.45, 2.75) is 43.3 Å². The quantitative estimate of drug-likeness (QED) is 0.579. The first-order valence-corrected chi connectivity index (χ1v) is 4.76. The van der Waals surface area contributed by atoms with Crippen molar-refractivity contribution in [1.29, 1.82) is 0 Å². The van der Waals surface area contributed by atoms with E-state index in [1.807, 2.05) is 0 Å². The molecule has 2 heterocycles. The van der Waals surface area contributed by atoms with E-state index in [-0.39, 0.29) is 12.1 Å². The van der Waals surface area contributed by atoms with Crippen molar-refractivity contribution >= 4 is 0 Å². The Hall–Kier alpha value is -0.120. The third kappa shape index (κ3) is 1.16. The second kappa shape index (κ2) is 2.69. The highest BCUT2D eigenvalue weighted by Gasteiger charge is 2.44. The molecule has 2 aliphatic rings. The van der Waals surface area contributed by atoms with Crippen molar-refractivity contribution in [2.75, 3.05) is 13.7 Å². The third-order valence-corrected chi connectivity index (χ3v) is 3.58. The summed E-state index contributed by atoms with van der Waals surface area (Å²) in [4.78, 5) is 2.43. The normalized spacial score (nSPS) is 48.2. The van der Waals surface area contributed by atoms with Crippen LogP contribution in [0.3, 0.4) is 0 Å². The highest BCUT2D eigenvalue weighted by atomic mass is 16.3. The highest BCUT2D eigenvalue weighted by molar-refractivity contribution is 5.02. The first kappa shape index (κ1) is 8.48. The topological polar surface area (TPSA) is 49.5 Å². The Morgan fingerprint density at radius 1 is 1.42 bits per heavy atom. The Bertz CT molecular complexity index is 169. The van der Waals surface area contributed by atoms with E-state index in [4.69, 9.17) is 10.8 Å². The number of fused-ring (bicyclic) bond motifs is 2. The number of nitrogens with two attached hydrogens (primary N) is 1. The van der Waals surface area contributed by atoms with Gasteiger partial charge in [-0.1, -0.05) is 0 Å². The summed E-state index contributed by atoms with van der Waals surface area (Å²) in [6.45, 7) is 0.147. The van der Waals surface area contributed by atoms with Crippen LogP contribution < -0.4 is 5.73 Å². The van der Waals surface area contributed by atoms with Gasteiger partial charge in [-0.15, -0.1) is 0 Å². The molecular weight excluding hydrogens is 152 g/mol. The predicted octanol–water partition coefficient (Wildman–Crippen LogP) is -0.0672. The minimum atomic E-state index is -0.279. The van der Waals surface area contributed by atoms with Crippen molar-refractivity contribution < 1.29 is 5.11 Å². The highest BCUT2D eigenvalue weighted by Crippen LogP contribution is 2.38. The fourth-order valence-electron chi connectivity index (χ4n) is 2.73. The van der Waals surface area contributed by atoms with Crippen LogP contribution in [-0.4, -0.2) is 41.3 Å². The summed E-state index contributed by atoms with van der Waals surface area (Å²) in [6.07, 6.45) is 4.47. The molecule has 3 atom stereocenters. The molecule has 3 heteroatoms. The van der Waals surface area contributed by atoms with Gasteiger partial charge in [0, 0.05) is 17.6 Å². The molecule has 0 radical (unpaired) electrons. The number of piperidine rings is 1. The summed E-state index contributed by atoms with van der Waals surface area (Å²) in [5.41, 5.74) is 5.79. The average Bonchev–Trinajstić information content (AvgIpc) is 2.32. The number of hydrogen-bond acceptors (Lipinski definition) is 3. The van der Waals surface area contributed by atoms with Crippen molar-refractivity contribution in [2.24, 2.45) is 5.73 Å². The number of hydrogen-bond donors (Lipinski definition) is 2. The van der Waals surface area contributed by atoms with Gasteiger partial charge in [0.1, 0.15) is 0 Å². The molecule has 2 rings (SSSR count). The second-order valence-corrected chi connectivity index (χ2v) is 4.48. The maximum Gasteiger partial charge on any atom is 0.0612 e. The summed E-state index contributed by atoms with van der Waals surface area (Å²) < 4.78 is 0. The van der Waals surface area contributed by atoms with E-state index >= 15 is 0 Å². The van der Waals surface area contributed by atoms with Crippen molar-refractivity contribution in [3.63, 3.8) is 0 Å². The van der Waals surface area contributed by atoms with Crippen LogP contribution in [0.2, 0.25) is 0 Å². The number of nitrogens with zero attached hydrogens (tertiary/aromatic N) is 1. The number of aliphatic hydroxyl groups is 1. The summed E-state index contributed by atoms with van der Waals surface area (Å²) in [7, 11) is 2.18. The molecular formula is C9H18N2O. The monoisotopic (exact) mass is 170 g/mol. The molecule has 0 saturated carbocycles. The van der Waals surface area contributed by atoms with Gasteiger partial charge in [0.2, 0.25) is 0 Å². The van der Waals surface area contributed by atoms with Crippen LogP contribution in [0.15, 0.2) is 0 Å². The Kier molecular flexibility index (Phi) is 1.90. The number of rotatable bonds is 1. The van der Waals surface area contributed by atoms with Gasteiger partial charge in [-0.05, 0) is 32.7 Å². The molecule has 0 spiro atoms. The van der Waals surface area contributed by atoms with E-state index in [0.29, 0.717) is 12.1 Å². The van der Waals surface area contributed by atoms with Crippen LogP contribution in [0.25, 0.3) is 0 Å². The Labute approximate surface area is 73.5 Å². The third-order valence-electron chi connectivity index (χ3n) is 3.58. The van der Waals surface area contributed by atoms with Crippen LogP contribution in [0, 0.1) is 0 Å². The van der Waals surface area contributed by atoms with Crippen LogP contribution in [0.4, 0.5) is 0 Å². The molecule has 0 amide bonds. The van der Waals surface area contributed by atoms with E-state index in [1.54, 1.807) is 0 Å². The van der Waals surface area contributed by atoms with Gasteiger partial charge in [0.05, 0.1) is 6.61 Å². The fourth-order valence-corrected chi connectivity index (χ4v) is 2.73. The van der Waals surface area contributed by atoms with Crippen molar-refractivity contribution in [1.82, 2.24) is 4.90 Å². The fraction of sp³-hybridized carbons (Fsp3) is 1.00. The summed E-state index contributed by atoms with van der Waals surface area (Å²) in [6, 6.07) is 1.25. The molecule has 2 aliphatic heterocycles. The molecule has 3 nitrogen and oxygen atoms in total. The molecule has 70 valence electrons. The van der Waals surface area contributed by atoms with Gasteiger partial charge in [0.15, 0.2) is 0 Å². The lowest BCUT2D eigenvalue weighted by atomic mass is 9.85. The van der Waals surface area contributed by atoms with Gasteiger partial charge < -0.3 is 15.7 Å². The van der Waals surface area contributed by atoms with Crippen LogP contribution in [0.1, 0.15) is 25.7 Å². The first-order chi connectivity index (χ1) is 5.64. The van der Waals surface area contributed by atoms with Gasteiger partial charge in [-0.3, -0.25) is 0 Å². The maximum atomic E-state index is 9.16. The predicted molar refractivity (Wildman–Crippen MR) is 47.8 cm³/mol. The lowest BCUT2D eigenvalue weighted by Gasteiger charge is -2.42. The molecule has 0 aromatic heterocycles. The van der Waals surface area contributed by atoms with Gasteiger partial charge >= 0.3 is 0 Å². The van der Waals surface area contributed by atoms with E-state index in [1.165, 1.54) is 12.8 Å². The molecule has 2 bridgehead atoms. The maximum absolute atomic E-state index is 9.16. The molecule has 0 aromatic carbocycles. The number of aliphatic hydroxyl groups excluding tert-OH is 1. The standard InChI is InChI=1S/C9H18N2O/c1-11-7-2-3-8(11)5-9(10,4-7)6-12/h7-8,12H,2-6,10H2,1H3/t7-,8+,9?. The Balaban J connectivity index is 2.12. The van der Waals surface area contributed by atoms with Gasteiger partial charge in [-0.25, -0.2) is 0 Å². The lowest BCUT2D eigenvalue weighted by molar-refractivity contribution is 0.0717. The SMILES string of the molecule is CN1[C@@H]2CC[C@H]1CC(N)(CO)C2. The summed E-state index contributed by atoms with van der Waals surface area (Å²) >= 11 is 0. The summed E-state index contributed by atoms with van der Waals surface area (Å²) in [5, 5.41) is 9.16. The summed E-state index contributed by atoms with van der Waals surface area (Å²) in [5.74, 6) is 0. The Morgan fingerprint density at radius 3 is 2.33 bits per heavy atom. The van der Waals surface area contributed by atoms with Crippen molar-refractivity contribution in [3.8, 4) is 0 Å². The molecule has 1 unspecified atom stereocenters. The zero-order chi connectivity index (χ0) is 8.77. The van der Waals surface area contributed by atoms with E-state index in [9.17, 15) is 0 Å². The molecule has 2 fully saturated rings. The van der Waals surface area contributed by atoms with Gasteiger partial charge in [-0.2, -0.15) is 0 Å². The minimum absolute atomic E-state index is 0.147. The molecule has 3 N–H and O–H groups in total. The molecule has 0 aliphatic carbocycles. The molecule has 2 saturated heterocycles. The average molecular weight is 170 g/mol. The largest absolute Gasteiger partial charge is 0.394 e. The van der Waals surface area contributed by atoms with Crippen LogP contribution in [0.5, 0.6) is 0 Å². The van der Waals surface area contributed by atoms with E-state index < -0.39 is 0 Å². The van der Waals surface area contributed by atoms with E-state index in [0.717, 1.165) is 12.8 Å². The molecule has 12 heavy (non-hydrogen) atoms. The zero-order valence-electron chi connectivity index (χ0n) is 7.66. The van der Waals surface area contributed by atoms with Crippen molar-refractivity contribution in [3.05, 3.63) is 0 Å². The van der Waals surface area contributed by atoms with Crippen LogP contribution in [-0.2, 0) is 0 Å². The zero-order valence-corrected chi connectivity index (χ0v) is 7.66. The van der Waals surface area contributed by atoms with Gasteiger partial charge in [0.25, 0.3) is 0 Å². The molecule has 0 aromatic rings.